The number of anilines is 1. The van der Waals surface area contributed by atoms with Gasteiger partial charge in [-0.3, -0.25) is 0 Å². The van der Waals surface area contributed by atoms with Crippen molar-refractivity contribution in [1.29, 1.82) is 0 Å². The molecule has 2 aromatic carbocycles. The zero-order valence-corrected chi connectivity index (χ0v) is 17.2. The second-order valence-corrected chi connectivity index (χ2v) is 7.67. The van der Waals surface area contributed by atoms with E-state index in [1.54, 1.807) is 11.0 Å². The molecule has 1 saturated heterocycles. The second kappa shape index (κ2) is 9.74. The number of carbonyl (C=O) groups is 1. The fourth-order valence-corrected chi connectivity index (χ4v) is 3.67. The first-order chi connectivity index (χ1) is 14.0. The van der Waals surface area contributed by atoms with Crippen molar-refractivity contribution in [2.45, 2.75) is 45.9 Å². The van der Waals surface area contributed by atoms with Crippen LogP contribution in [-0.2, 0) is 13.1 Å². The average Bonchev–Trinajstić information content (AvgIpc) is 2.71. The zero-order valence-electron chi connectivity index (χ0n) is 17.2. The van der Waals surface area contributed by atoms with Gasteiger partial charge < -0.3 is 20.2 Å². The van der Waals surface area contributed by atoms with E-state index < -0.39 is 0 Å². The van der Waals surface area contributed by atoms with Gasteiger partial charge >= 0.3 is 6.03 Å². The van der Waals surface area contributed by atoms with E-state index in [0.717, 1.165) is 16.7 Å². The molecular formula is C23H30FN3O2. The van der Waals surface area contributed by atoms with Crippen molar-refractivity contribution in [3.05, 3.63) is 65.0 Å². The Balaban J connectivity index is 1.57. The molecule has 6 heteroatoms. The van der Waals surface area contributed by atoms with Gasteiger partial charge in [0.05, 0.1) is 11.8 Å². The highest BCUT2D eigenvalue weighted by atomic mass is 19.1. The number of aliphatic hydroxyl groups is 1. The molecule has 1 aliphatic rings. The molecule has 0 radical (unpaired) electrons. The van der Waals surface area contributed by atoms with E-state index in [2.05, 4.69) is 11.4 Å². The number of halogens is 1. The molecule has 1 aliphatic heterocycles. The van der Waals surface area contributed by atoms with Crippen molar-refractivity contribution in [2.24, 2.45) is 0 Å². The summed E-state index contributed by atoms with van der Waals surface area (Å²) in [6.45, 7) is 6.69. The minimum atomic E-state index is -0.291. The molecule has 29 heavy (non-hydrogen) atoms. The predicted molar refractivity (Wildman–Crippen MR) is 113 cm³/mol. The Kier molecular flexibility index (Phi) is 7.09. The number of nitrogens with one attached hydrogen (secondary N) is 1. The van der Waals surface area contributed by atoms with E-state index in [4.69, 9.17) is 0 Å². The summed E-state index contributed by atoms with van der Waals surface area (Å²) >= 11 is 0. The topological polar surface area (TPSA) is 55.8 Å². The van der Waals surface area contributed by atoms with Crippen molar-refractivity contribution in [2.75, 3.05) is 24.5 Å². The van der Waals surface area contributed by atoms with Crippen LogP contribution in [0.1, 0.15) is 36.5 Å². The van der Waals surface area contributed by atoms with E-state index in [1.165, 1.54) is 6.07 Å². The Morgan fingerprint density at radius 1 is 1.21 bits per heavy atom. The number of urea groups is 1. The van der Waals surface area contributed by atoms with E-state index in [9.17, 15) is 14.3 Å². The lowest BCUT2D eigenvalue weighted by Crippen LogP contribution is -2.39. The van der Waals surface area contributed by atoms with Crippen LogP contribution < -0.4 is 10.2 Å². The fraction of sp³-hybridized carbons (Fsp3) is 0.435. The smallest absolute Gasteiger partial charge is 0.317 e. The SMILES string of the molecule is CCN(Cc1cccc(C)c1)C(=O)NCc1ccc(N2CCC(O)CC2)c(F)c1. The van der Waals surface area contributed by atoms with E-state index in [1.807, 2.05) is 43.0 Å². The molecule has 1 heterocycles. The molecule has 0 saturated carbocycles. The molecule has 0 unspecified atom stereocenters. The van der Waals surface area contributed by atoms with Crippen molar-refractivity contribution in [3.8, 4) is 0 Å². The van der Waals surface area contributed by atoms with Gasteiger partial charge in [0.15, 0.2) is 0 Å². The first kappa shape index (κ1) is 21.1. The van der Waals surface area contributed by atoms with Gasteiger partial charge in [0.1, 0.15) is 5.82 Å². The summed E-state index contributed by atoms with van der Waals surface area (Å²) in [4.78, 5) is 16.3. The van der Waals surface area contributed by atoms with Crippen LogP contribution in [-0.4, -0.2) is 41.8 Å². The molecule has 5 nitrogen and oxygen atoms in total. The minimum Gasteiger partial charge on any atom is -0.393 e. The largest absolute Gasteiger partial charge is 0.393 e. The highest BCUT2D eigenvalue weighted by Gasteiger charge is 2.20. The molecule has 1 fully saturated rings. The first-order valence-electron chi connectivity index (χ1n) is 10.3. The third-order valence-electron chi connectivity index (χ3n) is 5.39. The number of piperidine rings is 1. The van der Waals surface area contributed by atoms with Gasteiger partial charge in [-0.1, -0.05) is 35.9 Å². The van der Waals surface area contributed by atoms with Crippen LogP contribution in [0.5, 0.6) is 0 Å². The highest BCUT2D eigenvalue weighted by Crippen LogP contribution is 2.24. The van der Waals surface area contributed by atoms with Crippen LogP contribution in [0.4, 0.5) is 14.9 Å². The number of nitrogens with zero attached hydrogens (tertiary/aromatic N) is 2. The molecule has 2 aromatic rings. The van der Waals surface area contributed by atoms with Crippen LogP contribution in [0, 0.1) is 12.7 Å². The Morgan fingerprint density at radius 3 is 2.62 bits per heavy atom. The summed E-state index contributed by atoms with van der Waals surface area (Å²) in [6.07, 6.45) is 1.03. The van der Waals surface area contributed by atoms with Gasteiger partial charge in [0.2, 0.25) is 0 Å². The molecule has 0 bridgehead atoms. The van der Waals surface area contributed by atoms with Crippen LogP contribution in [0.25, 0.3) is 0 Å². The third kappa shape index (κ3) is 5.70. The number of hydrogen-bond donors (Lipinski definition) is 2. The summed E-state index contributed by atoms with van der Waals surface area (Å²) < 4.78 is 14.6. The highest BCUT2D eigenvalue weighted by molar-refractivity contribution is 5.74. The molecule has 0 aromatic heterocycles. The zero-order chi connectivity index (χ0) is 20.8. The predicted octanol–water partition coefficient (Wildman–Crippen LogP) is 3.83. The van der Waals surface area contributed by atoms with E-state index >= 15 is 0 Å². The minimum absolute atomic E-state index is 0.163. The number of benzene rings is 2. The lowest BCUT2D eigenvalue weighted by atomic mass is 10.1. The first-order valence-corrected chi connectivity index (χ1v) is 10.3. The van der Waals surface area contributed by atoms with Crippen molar-refractivity contribution in [3.63, 3.8) is 0 Å². The van der Waals surface area contributed by atoms with Gasteiger partial charge in [-0.15, -0.1) is 0 Å². The van der Waals surface area contributed by atoms with Crippen molar-refractivity contribution >= 4 is 11.7 Å². The number of hydrogen-bond acceptors (Lipinski definition) is 3. The fourth-order valence-electron chi connectivity index (χ4n) is 3.67. The lowest BCUT2D eigenvalue weighted by molar-refractivity contribution is 0.145. The molecule has 156 valence electrons. The standard InChI is InChI=1S/C23H30FN3O2/c1-3-26(16-19-6-4-5-17(2)13-19)23(29)25-15-18-7-8-22(21(24)14-18)27-11-9-20(28)10-12-27/h4-8,13-14,20,28H,3,9-12,15-16H2,1-2H3,(H,25,29). The van der Waals surface area contributed by atoms with E-state index in [-0.39, 0.29) is 24.5 Å². The third-order valence-corrected chi connectivity index (χ3v) is 5.39. The summed E-state index contributed by atoms with van der Waals surface area (Å²) in [6, 6.07) is 13.0. The maximum Gasteiger partial charge on any atom is 0.317 e. The average molecular weight is 400 g/mol. The number of carbonyl (C=O) groups excluding carboxylic acids is 1. The molecule has 0 aliphatic carbocycles. The molecule has 0 atom stereocenters. The summed E-state index contributed by atoms with van der Waals surface area (Å²) in [7, 11) is 0. The molecule has 0 spiro atoms. The normalized spacial score (nSPS) is 14.7. The van der Waals surface area contributed by atoms with Crippen molar-refractivity contribution < 1.29 is 14.3 Å². The number of rotatable bonds is 6. The maximum absolute atomic E-state index is 14.6. The molecule has 3 rings (SSSR count). The molecule has 2 amide bonds. The maximum atomic E-state index is 14.6. The number of aliphatic hydroxyl groups excluding tert-OH is 1. The molecule has 2 N–H and O–H groups in total. The quantitative estimate of drug-likeness (QED) is 0.776. The van der Waals surface area contributed by atoms with E-state index in [0.29, 0.717) is 44.7 Å². The van der Waals surface area contributed by atoms with Crippen LogP contribution in [0.3, 0.4) is 0 Å². The lowest BCUT2D eigenvalue weighted by Gasteiger charge is -2.31. The summed E-state index contributed by atoms with van der Waals surface area (Å²) in [5.41, 5.74) is 3.53. The second-order valence-electron chi connectivity index (χ2n) is 7.67. The Hall–Kier alpha value is -2.60. The number of aryl methyl sites for hydroxylation is 1. The van der Waals surface area contributed by atoms with Gasteiger partial charge in [0.25, 0.3) is 0 Å². The summed E-state index contributed by atoms with van der Waals surface area (Å²) in [5.74, 6) is -0.291. The summed E-state index contributed by atoms with van der Waals surface area (Å²) in [5, 5.41) is 12.5. The van der Waals surface area contributed by atoms with Gasteiger partial charge in [-0.05, 0) is 49.9 Å². The number of amides is 2. The van der Waals surface area contributed by atoms with Crippen LogP contribution in [0.15, 0.2) is 42.5 Å². The van der Waals surface area contributed by atoms with Gasteiger partial charge in [-0.25, -0.2) is 9.18 Å². The van der Waals surface area contributed by atoms with Gasteiger partial charge in [0, 0.05) is 32.7 Å². The Bertz CT molecular complexity index is 835. The monoisotopic (exact) mass is 399 g/mol. The van der Waals surface area contributed by atoms with Crippen molar-refractivity contribution in [1.82, 2.24) is 10.2 Å². The van der Waals surface area contributed by atoms with Gasteiger partial charge in [-0.2, -0.15) is 0 Å². The Morgan fingerprint density at radius 2 is 1.97 bits per heavy atom. The Labute approximate surface area is 172 Å². The molecular weight excluding hydrogens is 369 g/mol. The van der Waals surface area contributed by atoms with Crippen LogP contribution >= 0.6 is 0 Å². The van der Waals surface area contributed by atoms with Crippen LogP contribution in [0.2, 0.25) is 0 Å².